The van der Waals surface area contributed by atoms with Crippen LogP contribution in [-0.4, -0.2) is 58.8 Å². The van der Waals surface area contributed by atoms with Gasteiger partial charge in [0.25, 0.3) is 0 Å². The van der Waals surface area contributed by atoms with Gasteiger partial charge in [0.2, 0.25) is 11.9 Å². The number of fused-ring (bicyclic) bond motifs is 1. The highest BCUT2D eigenvalue weighted by Gasteiger charge is 2.19. The van der Waals surface area contributed by atoms with Crippen LogP contribution in [0, 0.1) is 6.92 Å². The third-order valence-corrected chi connectivity index (χ3v) is 6.16. The zero-order valence-electron chi connectivity index (χ0n) is 18.9. The van der Waals surface area contributed by atoms with Crippen LogP contribution in [0.3, 0.4) is 0 Å². The number of amides is 1. The van der Waals surface area contributed by atoms with Gasteiger partial charge in [-0.1, -0.05) is 6.07 Å². The second-order valence-corrected chi connectivity index (χ2v) is 8.55. The Kier molecular flexibility index (Phi) is 5.47. The van der Waals surface area contributed by atoms with Gasteiger partial charge in [0.05, 0.1) is 6.54 Å². The van der Waals surface area contributed by atoms with Crippen molar-refractivity contribution in [3.05, 3.63) is 65.6 Å². The molecule has 1 amide bonds. The molecule has 33 heavy (non-hydrogen) atoms. The number of hydrogen-bond donors (Lipinski definition) is 2. The van der Waals surface area contributed by atoms with E-state index in [4.69, 9.17) is 5.73 Å². The lowest BCUT2D eigenvalue weighted by molar-refractivity contribution is 0.100. The summed E-state index contributed by atoms with van der Waals surface area (Å²) in [7, 11) is 2.17. The van der Waals surface area contributed by atoms with E-state index in [0.717, 1.165) is 43.4 Å². The van der Waals surface area contributed by atoms with E-state index >= 15 is 0 Å². The highest BCUT2D eigenvalue weighted by molar-refractivity contribution is 5.93. The van der Waals surface area contributed by atoms with Gasteiger partial charge in [-0.3, -0.25) is 4.79 Å². The molecular weight excluding hydrogens is 416 g/mol. The standard InChI is InChI=1S/C24H28N8O/c1-17-14-19(6-7-21(17)30-10-8-29(2)9-11-30)26-24-27-22-16-31(12-13-32(22)28-24)20-5-3-4-18(15-20)23(25)33/h3-7,12-15H,8-11,16H2,1-2H3,(H2,25,33)(H,26,28). The second kappa shape index (κ2) is 8.59. The van der Waals surface area contributed by atoms with Crippen LogP contribution in [0.2, 0.25) is 0 Å². The number of benzene rings is 2. The average Bonchev–Trinajstić information content (AvgIpc) is 3.21. The van der Waals surface area contributed by atoms with E-state index in [2.05, 4.69) is 57.4 Å². The number of piperazine rings is 1. The summed E-state index contributed by atoms with van der Waals surface area (Å²) in [6.45, 7) is 6.94. The normalized spacial score (nSPS) is 16.1. The predicted octanol–water partition coefficient (Wildman–Crippen LogP) is 2.63. The Balaban J connectivity index is 1.29. The molecule has 9 heteroatoms. The van der Waals surface area contributed by atoms with Gasteiger partial charge in [0.1, 0.15) is 0 Å². The molecule has 1 saturated heterocycles. The molecule has 0 radical (unpaired) electrons. The first-order valence-electron chi connectivity index (χ1n) is 11.1. The first-order chi connectivity index (χ1) is 16.0. The minimum atomic E-state index is -0.443. The molecule has 2 aliphatic rings. The number of anilines is 4. The number of rotatable bonds is 5. The zero-order valence-corrected chi connectivity index (χ0v) is 18.9. The molecule has 0 atom stereocenters. The maximum atomic E-state index is 11.5. The summed E-state index contributed by atoms with van der Waals surface area (Å²) in [6.07, 6.45) is 3.77. The van der Waals surface area contributed by atoms with Gasteiger partial charge in [0.15, 0.2) is 5.82 Å². The van der Waals surface area contributed by atoms with Crippen LogP contribution in [0.4, 0.5) is 23.0 Å². The molecule has 0 aliphatic carbocycles. The molecule has 170 valence electrons. The number of carbonyl (C=O) groups is 1. The lowest BCUT2D eigenvalue weighted by Gasteiger charge is -2.35. The van der Waals surface area contributed by atoms with Gasteiger partial charge < -0.3 is 25.8 Å². The Morgan fingerprint density at radius 2 is 1.88 bits per heavy atom. The largest absolute Gasteiger partial charge is 0.369 e. The average molecular weight is 445 g/mol. The van der Waals surface area contributed by atoms with Crippen molar-refractivity contribution in [2.45, 2.75) is 13.5 Å². The highest BCUT2D eigenvalue weighted by Crippen LogP contribution is 2.27. The van der Waals surface area contributed by atoms with Crippen molar-refractivity contribution in [1.29, 1.82) is 0 Å². The molecule has 1 aromatic heterocycles. The monoisotopic (exact) mass is 444 g/mol. The van der Waals surface area contributed by atoms with Gasteiger partial charge in [-0.2, -0.15) is 4.98 Å². The Morgan fingerprint density at radius 3 is 2.64 bits per heavy atom. The summed E-state index contributed by atoms with van der Waals surface area (Å²) in [4.78, 5) is 23.0. The van der Waals surface area contributed by atoms with E-state index in [-0.39, 0.29) is 0 Å². The van der Waals surface area contributed by atoms with Crippen LogP contribution in [0.15, 0.2) is 48.7 Å². The number of hydrogen-bond acceptors (Lipinski definition) is 7. The van der Waals surface area contributed by atoms with Crippen LogP contribution in [0.5, 0.6) is 0 Å². The number of likely N-dealkylation sites (N-methyl/N-ethyl adjacent to an activating group) is 1. The number of aromatic nitrogens is 3. The molecular formula is C24H28N8O. The SMILES string of the molecule is Cc1cc(Nc2nc3n(n2)C=CN(c2cccc(C(N)=O)c2)C3)ccc1N1CCN(C)CC1. The molecule has 3 heterocycles. The van der Waals surface area contributed by atoms with Crippen LogP contribution < -0.4 is 20.9 Å². The third kappa shape index (κ3) is 4.40. The summed E-state index contributed by atoms with van der Waals surface area (Å²) < 4.78 is 1.77. The maximum Gasteiger partial charge on any atom is 0.248 e. The summed E-state index contributed by atoms with van der Waals surface area (Å²) in [6, 6.07) is 13.6. The molecule has 3 N–H and O–H groups in total. The summed E-state index contributed by atoms with van der Waals surface area (Å²) in [5.41, 5.74) is 10.2. The molecule has 2 aliphatic heterocycles. The summed E-state index contributed by atoms with van der Waals surface area (Å²) in [5.74, 6) is 0.908. The number of primary amides is 1. The molecule has 1 fully saturated rings. The lowest BCUT2D eigenvalue weighted by Crippen LogP contribution is -2.44. The van der Waals surface area contributed by atoms with Crippen LogP contribution >= 0.6 is 0 Å². The molecule has 0 spiro atoms. The highest BCUT2D eigenvalue weighted by atomic mass is 16.1. The van der Waals surface area contributed by atoms with Gasteiger partial charge in [-0.25, -0.2) is 4.68 Å². The third-order valence-electron chi connectivity index (χ3n) is 6.16. The van der Waals surface area contributed by atoms with Crippen LogP contribution in [0.1, 0.15) is 21.7 Å². The summed E-state index contributed by atoms with van der Waals surface area (Å²) >= 11 is 0. The Labute approximate surface area is 193 Å². The second-order valence-electron chi connectivity index (χ2n) is 8.55. The summed E-state index contributed by atoms with van der Waals surface area (Å²) in [5, 5.41) is 7.90. The van der Waals surface area contributed by atoms with Crippen molar-refractivity contribution in [3.63, 3.8) is 0 Å². The van der Waals surface area contributed by atoms with Crippen LogP contribution in [0.25, 0.3) is 6.20 Å². The minimum Gasteiger partial charge on any atom is -0.369 e. The number of nitrogens with two attached hydrogens (primary N) is 1. The fourth-order valence-corrected chi connectivity index (χ4v) is 4.26. The van der Waals surface area contributed by atoms with E-state index < -0.39 is 5.91 Å². The molecule has 3 aromatic rings. The lowest BCUT2D eigenvalue weighted by atomic mass is 10.1. The van der Waals surface area contributed by atoms with E-state index in [1.807, 2.05) is 29.4 Å². The fraction of sp³-hybridized carbons (Fsp3) is 0.292. The van der Waals surface area contributed by atoms with Crippen molar-refractivity contribution >= 4 is 35.1 Å². The van der Waals surface area contributed by atoms with Crippen molar-refractivity contribution in [2.75, 3.05) is 48.3 Å². The van der Waals surface area contributed by atoms with Gasteiger partial charge in [-0.15, -0.1) is 5.10 Å². The number of aryl methyl sites for hydroxylation is 1. The quantitative estimate of drug-likeness (QED) is 0.625. The van der Waals surface area contributed by atoms with Crippen LogP contribution in [-0.2, 0) is 6.54 Å². The predicted molar refractivity (Wildman–Crippen MR) is 131 cm³/mol. The van der Waals surface area contributed by atoms with Gasteiger partial charge in [0, 0.05) is 61.2 Å². The minimum absolute atomic E-state index is 0.443. The van der Waals surface area contributed by atoms with Crippen molar-refractivity contribution in [2.24, 2.45) is 5.73 Å². The molecule has 9 nitrogen and oxygen atoms in total. The van der Waals surface area contributed by atoms with Crippen molar-refractivity contribution < 1.29 is 4.79 Å². The van der Waals surface area contributed by atoms with Crippen molar-refractivity contribution in [3.8, 4) is 0 Å². The fourth-order valence-electron chi connectivity index (χ4n) is 4.26. The Morgan fingerprint density at radius 1 is 1.06 bits per heavy atom. The smallest absolute Gasteiger partial charge is 0.248 e. The van der Waals surface area contributed by atoms with Gasteiger partial charge >= 0.3 is 0 Å². The first kappa shape index (κ1) is 21.0. The zero-order chi connectivity index (χ0) is 22.9. The molecule has 0 saturated carbocycles. The maximum absolute atomic E-state index is 11.5. The van der Waals surface area contributed by atoms with Gasteiger partial charge in [-0.05, 0) is 55.9 Å². The Hall–Kier alpha value is -3.85. The molecule has 2 aromatic carbocycles. The number of nitrogens with zero attached hydrogens (tertiary/aromatic N) is 6. The van der Waals surface area contributed by atoms with E-state index in [1.165, 1.54) is 11.3 Å². The van der Waals surface area contributed by atoms with Crippen molar-refractivity contribution in [1.82, 2.24) is 19.7 Å². The van der Waals surface area contributed by atoms with E-state index in [9.17, 15) is 4.79 Å². The molecule has 5 rings (SSSR count). The van der Waals surface area contributed by atoms with E-state index in [0.29, 0.717) is 18.1 Å². The topological polar surface area (TPSA) is 95.5 Å². The number of nitrogens with one attached hydrogen (secondary N) is 1. The van der Waals surface area contributed by atoms with E-state index in [1.54, 1.807) is 16.8 Å². The molecule has 0 bridgehead atoms. The number of carbonyl (C=O) groups excluding carboxylic acids is 1. The molecule has 0 unspecified atom stereocenters. The Bertz CT molecular complexity index is 1210. The first-order valence-corrected chi connectivity index (χ1v) is 11.1.